The van der Waals surface area contributed by atoms with Gasteiger partial charge in [0.2, 0.25) is 7.98 Å². The number of aliphatic hydroxyl groups is 1. The van der Waals surface area contributed by atoms with E-state index < -0.39 is 6.04 Å². The zero-order valence-corrected chi connectivity index (χ0v) is 11.0. The molecule has 102 valence electrons. The smallest absolute Gasteiger partial charge is 0.255 e. The number of hydrazine groups is 1. The van der Waals surface area contributed by atoms with Gasteiger partial charge in [0.05, 0.1) is 0 Å². The molecule has 20 heavy (non-hydrogen) atoms. The minimum Gasteiger partial charge on any atom is -0.396 e. The molecule has 0 spiro atoms. The van der Waals surface area contributed by atoms with Crippen LogP contribution in [0.2, 0.25) is 0 Å². The molecule has 0 aromatic heterocycles. The number of carbonyl (C=O) groups is 1. The van der Waals surface area contributed by atoms with Crippen molar-refractivity contribution in [1.82, 2.24) is 10.8 Å². The summed E-state index contributed by atoms with van der Waals surface area (Å²) in [6, 6.07) is 13.2. The molecule has 0 saturated heterocycles. The first-order valence-corrected chi connectivity index (χ1v) is 6.36. The Labute approximate surface area is 118 Å². The third kappa shape index (κ3) is 3.49. The third-order valence-corrected chi connectivity index (χ3v) is 3.02. The molecule has 5 nitrogen and oxygen atoms in total. The maximum Gasteiger partial charge on any atom is 0.255 e. The second-order valence-electron chi connectivity index (χ2n) is 4.40. The van der Waals surface area contributed by atoms with E-state index in [1.54, 1.807) is 0 Å². The van der Waals surface area contributed by atoms with Crippen molar-refractivity contribution < 1.29 is 9.90 Å². The van der Waals surface area contributed by atoms with Gasteiger partial charge in [0.1, 0.15) is 6.04 Å². The number of rotatable bonds is 6. The van der Waals surface area contributed by atoms with Crippen molar-refractivity contribution in [2.45, 2.75) is 12.5 Å². The quantitative estimate of drug-likeness (QED) is 0.460. The van der Waals surface area contributed by atoms with Gasteiger partial charge >= 0.3 is 0 Å². The van der Waals surface area contributed by atoms with Crippen molar-refractivity contribution in [1.29, 1.82) is 0 Å². The van der Waals surface area contributed by atoms with Gasteiger partial charge < -0.3 is 15.8 Å². The first-order valence-electron chi connectivity index (χ1n) is 6.36. The van der Waals surface area contributed by atoms with E-state index in [4.69, 9.17) is 13.1 Å². The van der Waals surface area contributed by atoms with Crippen LogP contribution in [0.1, 0.15) is 6.42 Å². The first-order chi connectivity index (χ1) is 9.74. The highest BCUT2D eigenvalue weighted by molar-refractivity contribution is 6.05. The lowest BCUT2D eigenvalue weighted by Gasteiger charge is -2.18. The fourth-order valence-electron chi connectivity index (χ4n) is 2.04. The average Bonchev–Trinajstić information content (AvgIpc) is 2.47. The van der Waals surface area contributed by atoms with Crippen LogP contribution >= 0.6 is 0 Å². The summed E-state index contributed by atoms with van der Waals surface area (Å²) in [6.07, 6.45) is 0.292. The molecule has 1 amide bonds. The van der Waals surface area contributed by atoms with Gasteiger partial charge in [-0.1, -0.05) is 30.3 Å². The van der Waals surface area contributed by atoms with Crippen molar-refractivity contribution in [3.63, 3.8) is 0 Å². The Hall–Kier alpha value is -2.05. The summed E-state index contributed by atoms with van der Waals surface area (Å²) in [5, 5.41) is 16.4. The number of anilines is 1. The van der Waals surface area contributed by atoms with Crippen molar-refractivity contribution in [3.05, 3.63) is 42.5 Å². The number of benzene rings is 2. The lowest BCUT2D eigenvalue weighted by atomic mass is 10.1. The zero-order valence-electron chi connectivity index (χ0n) is 11.0. The molecule has 0 aliphatic heterocycles. The molecule has 0 heterocycles. The number of amides is 1. The fraction of sp³-hybridized carbons (Fsp3) is 0.214. The Bertz CT molecular complexity index is 591. The van der Waals surface area contributed by atoms with Crippen LogP contribution in [0.25, 0.3) is 10.8 Å². The average molecular weight is 269 g/mol. The number of hydrogen-bond acceptors (Lipinski definition) is 4. The molecule has 0 aliphatic carbocycles. The lowest BCUT2D eigenvalue weighted by Crippen LogP contribution is -2.45. The normalized spacial score (nSPS) is 12.1. The van der Waals surface area contributed by atoms with E-state index in [1.165, 1.54) is 0 Å². The molecule has 0 saturated carbocycles. The topological polar surface area (TPSA) is 73.4 Å². The lowest BCUT2D eigenvalue weighted by molar-refractivity contribution is -0.122. The Morgan fingerprint density at radius 2 is 1.95 bits per heavy atom. The molecule has 2 radical (unpaired) electrons. The van der Waals surface area contributed by atoms with Gasteiger partial charge in [-0.2, -0.15) is 0 Å². The summed E-state index contributed by atoms with van der Waals surface area (Å²) < 4.78 is 0. The molecule has 6 heteroatoms. The summed E-state index contributed by atoms with van der Waals surface area (Å²) in [5.74, 6) is -0.324. The summed E-state index contributed by atoms with van der Waals surface area (Å²) in [4.78, 5) is 11.8. The minimum absolute atomic E-state index is 0.0940. The maximum atomic E-state index is 11.8. The standard InChI is InChI=1S/C14H16BN3O2/c15-18-17-14(20)13(7-8-19)16-12-6-5-10-3-1-2-4-11(10)9-12/h1-6,9,13,16,18-19H,7-8H2,(H,17,20). The van der Waals surface area contributed by atoms with E-state index in [9.17, 15) is 4.79 Å². The monoisotopic (exact) mass is 269 g/mol. The van der Waals surface area contributed by atoms with Crippen molar-refractivity contribution in [2.75, 3.05) is 11.9 Å². The van der Waals surface area contributed by atoms with E-state index in [0.717, 1.165) is 16.5 Å². The van der Waals surface area contributed by atoms with Crippen molar-refractivity contribution in [3.8, 4) is 0 Å². The Morgan fingerprint density at radius 1 is 1.20 bits per heavy atom. The van der Waals surface area contributed by atoms with Crippen LogP contribution in [-0.4, -0.2) is 31.6 Å². The van der Waals surface area contributed by atoms with Crippen LogP contribution in [0.5, 0.6) is 0 Å². The SMILES string of the molecule is [B]NNC(=O)C(CCO)Nc1ccc2ccccc2c1. The molecule has 0 bridgehead atoms. The van der Waals surface area contributed by atoms with Crippen LogP contribution in [0.15, 0.2) is 42.5 Å². The highest BCUT2D eigenvalue weighted by Gasteiger charge is 2.16. The maximum absolute atomic E-state index is 11.8. The summed E-state index contributed by atoms with van der Waals surface area (Å²) >= 11 is 0. The Kier molecular flexibility index (Phi) is 4.98. The van der Waals surface area contributed by atoms with E-state index in [0.29, 0.717) is 6.42 Å². The molecular weight excluding hydrogens is 253 g/mol. The number of carbonyl (C=O) groups excluding carboxylic acids is 1. The predicted octanol–water partition coefficient (Wildman–Crippen LogP) is 0.707. The Morgan fingerprint density at radius 3 is 2.65 bits per heavy atom. The molecule has 0 aliphatic rings. The molecule has 1 unspecified atom stereocenters. The first kappa shape index (κ1) is 14.4. The van der Waals surface area contributed by atoms with Crippen molar-refractivity contribution >= 4 is 30.3 Å². The van der Waals surface area contributed by atoms with Crippen LogP contribution in [0.4, 0.5) is 5.69 Å². The molecule has 2 aromatic rings. The van der Waals surface area contributed by atoms with Gasteiger partial charge in [-0.05, 0) is 29.3 Å². The molecule has 2 rings (SSSR count). The highest BCUT2D eigenvalue weighted by Crippen LogP contribution is 2.19. The molecule has 0 fully saturated rings. The predicted molar refractivity (Wildman–Crippen MR) is 80.1 cm³/mol. The van der Waals surface area contributed by atoms with E-state index in [2.05, 4.69) is 16.1 Å². The summed E-state index contributed by atoms with van der Waals surface area (Å²) in [5.41, 5.74) is 3.12. The van der Waals surface area contributed by atoms with Crippen LogP contribution < -0.4 is 16.1 Å². The van der Waals surface area contributed by atoms with E-state index in [-0.39, 0.29) is 12.5 Å². The van der Waals surface area contributed by atoms with Gasteiger partial charge in [0.15, 0.2) is 0 Å². The summed E-state index contributed by atoms with van der Waals surface area (Å²) in [6.45, 7) is -0.0940. The molecule has 4 N–H and O–H groups in total. The Balaban J connectivity index is 2.17. The van der Waals surface area contributed by atoms with Gasteiger partial charge in [-0.3, -0.25) is 10.1 Å². The highest BCUT2D eigenvalue weighted by atomic mass is 16.3. The summed E-state index contributed by atoms with van der Waals surface area (Å²) in [7, 11) is 5.06. The number of aliphatic hydroxyl groups excluding tert-OH is 1. The molecular formula is C14H16BN3O2. The van der Waals surface area contributed by atoms with Crippen LogP contribution in [0.3, 0.4) is 0 Å². The van der Waals surface area contributed by atoms with Gasteiger partial charge in [-0.15, -0.1) is 0 Å². The minimum atomic E-state index is -0.558. The fourth-order valence-corrected chi connectivity index (χ4v) is 2.04. The zero-order chi connectivity index (χ0) is 14.4. The molecule has 2 aromatic carbocycles. The number of nitrogens with one attached hydrogen (secondary N) is 3. The third-order valence-electron chi connectivity index (χ3n) is 3.02. The number of hydrogen-bond donors (Lipinski definition) is 4. The second-order valence-corrected chi connectivity index (χ2v) is 4.40. The van der Waals surface area contributed by atoms with Gasteiger partial charge in [0, 0.05) is 12.3 Å². The number of fused-ring (bicyclic) bond motifs is 1. The van der Waals surface area contributed by atoms with Crippen LogP contribution in [0, 0.1) is 0 Å². The van der Waals surface area contributed by atoms with E-state index in [1.807, 2.05) is 42.5 Å². The van der Waals surface area contributed by atoms with E-state index >= 15 is 0 Å². The van der Waals surface area contributed by atoms with Gasteiger partial charge in [-0.25, -0.2) is 0 Å². The largest absolute Gasteiger partial charge is 0.396 e. The van der Waals surface area contributed by atoms with Crippen LogP contribution in [-0.2, 0) is 4.79 Å². The second kappa shape index (κ2) is 6.93. The van der Waals surface area contributed by atoms with Crippen molar-refractivity contribution in [2.24, 2.45) is 0 Å². The molecule has 1 atom stereocenters. The van der Waals surface area contributed by atoms with Gasteiger partial charge in [0.25, 0.3) is 5.91 Å².